The highest BCUT2D eigenvalue weighted by molar-refractivity contribution is 5.97. The Labute approximate surface area is 218 Å². The number of hydrogen-bond acceptors (Lipinski definition) is 5. The molecule has 5 aromatic rings. The summed E-state index contributed by atoms with van der Waals surface area (Å²) in [7, 11) is 0. The van der Waals surface area contributed by atoms with E-state index in [0.717, 1.165) is 40.8 Å². The number of nitrogens with zero attached hydrogens (tertiary/aromatic N) is 5. The number of nitrogens with one attached hydrogen (secondary N) is 1. The third-order valence-corrected chi connectivity index (χ3v) is 6.57. The normalized spacial score (nSPS) is 11.1. The number of tetrazole rings is 1. The van der Waals surface area contributed by atoms with E-state index in [2.05, 4.69) is 27.5 Å². The lowest BCUT2D eigenvalue weighted by Gasteiger charge is -2.10. The summed E-state index contributed by atoms with van der Waals surface area (Å²) >= 11 is 0. The van der Waals surface area contributed by atoms with Gasteiger partial charge in [0.05, 0.1) is 12.2 Å². The second-order valence-corrected chi connectivity index (χ2v) is 9.13. The van der Waals surface area contributed by atoms with E-state index in [0.29, 0.717) is 18.8 Å². The van der Waals surface area contributed by atoms with Gasteiger partial charge in [-0.15, -0.1) is 10.2 Å². The van der Waals surface area contributed by atoms with Crippen LogP contribution in [0.25, 0.3) is 28.2 Å². The van der Waals surface area contributed by atoms with Gasteiger partial charge in [0.25, 0.3) is 0 Å². The fourth-order valence-electron chi connectivity index (χ4n) is 4.64. The predicted molar refractivity (Wildman–Crippen MR) is 143 cm³/mol. The van der Waals surface area contributed by atoms with Crippen LogP contribution in [0.1, 0.15) is 48.3 Å². The van der Waals surface area contributed by atoms with Crippen LogP contribution in [0, 0.1) is 5.82 Å². The summed E-state index contributed by atoms with van der Waals surface area (Å²) in [5.74, 6) is -0.397. The van der Waals surface area contributed by atoms with Crippen molar-refractivity contribution < 1.29 is 9.18 Å². The Morgan fingerprint density at radius 1 is 1.00 bits per heavy atom. The first-order valence-corrected chi connectivity index (χ1v) is 12.5. The van der Waals surface area contributed by atoms with Gasteiger partial charge in [-0.2, -0.15) is 5.21 Å². The molecule has 0 aliphatic carbocycles. The Hall–Kier alpha value is -4.66. The Balaban J connectivity index is 1.51. The minimum absolute atomic E-state index is 0.00470. The molecule has 2 aromatic heterocycles. The van der Waals surface area contributed by atoms with Crippen molar-refractivity contribution in [1.82, 2.24) is 29.8 Å². The van der Waals surface area contributed by atoms with Gasteiger partial charge in [0, 0.05) is 23.0 Å². The number of H-pyrrole nitrogens is 1. The van der Waals surface area contributed by atoms with Crippen molar-refractivity contribution in [3.05, 3.63) is 106 Å². The number of ketones is 1. The molecule has 0 saturated carbocycles. The van der Waals surface area contributed by atoms with E-state index in [-0.39, 0.29) is 22.7 Å². The molecule has 3 aromatic carbocycles. The quantitative estimate of drug-likeness (QED) is 0.274. The van der Waals surface area contributed by atoms with Crippen molar-refractivity contribution >= 4 is 5.78 Å². The maximum absolute atomic E-state index is 14.9. The lowest BCUT2D eigenvalue weighted by atomic mass is 9.98. The summed E-state index contributed by atoms with van der Waals surface area (Å²) in [6.45, 7) is 3.77. The molecule has 0 atom stereocenters. The minimum Gasteiger partial charge on any atom is -0.294 e. The van der Waals surface area contributed by atoms with E-state index >= 15 is 0 Å². The number of hydrogen-bond donors (Lipinski definition) is 1. The Kier molecular flexibility index (Phi) is 7.08. The largest absolute Gasteiger partial charge is 0.333 e. The number of unbranched alkanes of at least 4 members (excludes halogenated alkanes) is 1. The van der Waals surface area contributed by atoms with E-state index in [1.807, 2.05) is 48.5 Å². The fraction of sp³-hybridized carbons (Fsp3) is 0.207. The van der Waals surface area contributed by atoms with Crippen LogP contribution in [0.4, 0.5) is 4.39 Å². The molecule has 1 N–H and O–H groups in total. The summed E-state index contributed by atoms with van der Waals surface area (Å²) in [5.41, 5.74) is 4.30. The Morgan fingerprint density at radius 2 is 1.76 bits per heavy atom. The standard InChI is InChI=1S/C29H27FN6O2/c1-3-4-8-22-18-36(27-23(19(2)37)11-7-12-26(27)30)29(38)35(22)17-20-13-15-21(16-14-20)24-9-5-6-10-25(24)28-31-33-34-32-28/h5-7,9-16,18H,3-4,8,17H2,1-2H3,(H,31,32,33,34). The smallest absolute Gasteiger partial charge is 0.294 e. The van der Waals surface area contributed by atoms with Crippen molar-refractivity contribution in [3.63, 3.8) is 0 Å². The molecular weight excluding hydrogens is 483 g/mol. The maximum atomic E-state index is 14.9. The number of halogens is 1. The van der Waals surface area contributed by atoms with Crippen molar-refractivity contribution in [2.75, 3.05) is 0 Å². The van der Waals surface area contributed by atoms with E-state index < -0.39 is 5.82 Å². The summed E-state index contributed by atoms with van der Waals surface area (Å²) in [6, 6.07) is 20.0. The molecule has 0 aliphatic rings. The van der Waals surface area contributed by atoms with Gasteiger partial charge in [-0.1, -0.05) is 67.9 Å². The van der Waals surface area contributed by atoms with Crippen LogP contribution in [0.15, 0.2) is 77.7 Å². The van der Waals surface area contributed by atoms with E-state index in [4.69, 9.17) is 0 Å². The highest BCUT2D eigenvalue weighted by Gasteiger charge is 2.20. The van der Waals surface area contributed by atoms with Gasteiger partial charge in [-0.05, 0) is 53.8 Å². The molecule has 0 unspecified atom stereocenters. The first kappa shape index (κ1) is 25.0. The van der Waals surface area contributed by atoms with Gasteiger partial charge in [-0.3, -0.25) is 13.9 Å². The number of carbonyl (C=O) groups excluding carboxylic acids is 1. The molecule has 8 nitrogen and oxygen atoms in total. The molecule has 38 heavy (non-hydrogen) atoms. The molecule has 2 heterocycles. The van der Waals surface area contributed by atoms with Gasteiger partial charge < -0.3 is 0 Å². The summed E-state index contributed by atoms with van der Waals surface area (Å²) in [6.07, 6.45) is 4.16. The molecule has 192 valence electrons. The number of rotatable bonds is 9. The van der Waals surface area contributed by atoms with E-state index in [1.54, 1.807) is 16.8 Å². The van der Waals surface area contributed by atoms with Crippen LogP contribution >= 0.6 is 0 Å². The zero-order valence-corrected chi connectivity index (χ0v) is 21.2. The number of aromatic amines is 1. The first-order valence-electron chi connectivity index (χ1n) is 12.5. The summed E-state index contributed by atoms with van der Waals surface area (Å²) < 4.78 is 17.8. The fourth-order valence-corrected chi connectivity index (χ4v) is 4.64. The third kappa shape index (κ3) is 4.82. The van der Waals surface area contributed by atoms with Crippen LogP contribution in [-0.2, 0) is 13.0 Å². The molecule has 0 fully saturated rings. The topological polar surface area (TPSA) is 98.5 Å². The maximum Gasteiger partial charge on any atom is 0.333 e. The molecule has 0 radical (unpaired) electrons. The van der Waals surface area contributed by atoms with Crippen LogP contribution in [0.3, 0.4) is 0 Å². The lowest BCUT2D eigenvalue weighted by molar-refractivity contribution is 0.101. The van der Waals surface area contributed by atoms with Crippen molar-refractivity contribution in [2.24, 2.45) is 0 Å². The first-order chi connectivity index (χ1) is 18.5. The SMILES string of the molecule is CCCCc1cn(-c2c(F)cccc2C(C)=O)c(=O)n1Cc1ccc(-c2ccccc2-c2nn[nH]n2)cc1. The average molecular weight is 511 g/mol. The monoisotopic (exact) mass is 510 g/mol. The number of carbonyl (C=O) groups is 1. The molecule has 0 bridgehead atoms. The highest BCUT2D eigenvalue weighted by atomic mass is 19.1. The number of aryl methyl sites for hydroxylation is 1. The predicted octanol–water partition coefficient (Wildman–Crippen LogP) is 5.22. The molecule has 9 heteroatoms. The zero-order valence-electron chi connectivity index (χ0n) is 21.2. The highest BCUT2D eigenvalue weighted by Crippen LogP contribution is 2.30. The molecule has 5 rings (SSSR count). The zero-order chi connectivity index (χ0) is 26.6. The number of benzene rings is 3. The van der Waals surface area contributed by atoms with Gasteiger partial charge in [-0.25, -0.2) is 9.18 Å². The average Bonchev–Trinajstić information content (AvgIpc) is 3.57. The van der Waals surface area contributed by atoms with E-state index in [1.165, 1.54) is 23.6 Å². The number of Topliss-reactive ketones (excluding diaryl/α,β-unsaturated/α-hetero) is 1. The van der Waals surface area contributed by atoms with Crippen LogP contribution in [0.2, 0.25) is 0 Å². The van der Waals surface area contributed by atoms with Gasteiger partial charge in [0.2, 0.25) is 5.82 Å². The number of aromatic nitrogens is 6. The third-order valence-electron chi connectivity index (χ3n) is 6.57. The molecule has 0 aliphatic heterocycles. The Morgan fingerprint density at radius 3 is 2.45 bits per heavy atom. The number of para-hydroxylation sites is 1. The lowest BCUT2D eigenvalue weighted by Crippen LogP contribution is -2.26. The van der Waals surface area contributed by atoms with Gasteiger partial charge >= 0.3 is 5.69 Å². The van der Waals surface area contributed by atoms with Crippen LogP contribution < -0.4 is 5.69 Å². The molecular formula is C29H27FN6O2. The number of imidazole rings is 1. The van der Waals surface area contributed by atoms with Crippen molar-refractivity contribution in [3.8, 4) is 28.2 Å². The molecule has 0 saturated heterocycles. The minimum atomic E-state index is -0.608. The van der Waals surface area contributed by atoms with E-state index in [9.17, 15) is 14.0 Å². The van der Waals surface area contributed by atoms with Crippen LogP contribution in [0.5, 0.6) is 0 Å². The van der Waals surface area contributed by atoms with Gasteiger partial charge in [0.1, 0.15) is 5.82 Å². The Bertz CT molecular complexity index is 1630. The summed E-state index contributed by atoms with van der Waals surface area (Å²) in [5, 5.41) is 14.4. The van der Waals surface area contributed by atoms with Gasteiger partial charge in [0.15, 0.2) is 5.78 Å². The van der Waals surface area contributed by atoms with Crippen molar-refractivity contribution in [1.29, 1.82) is 0 Å². The van der Waals surface area contributed by atoms with Crippen LogP contribution in [-0.4, -0.2) is 35.5 Å². The molecule has 0 amide bonds. The molecule has 0 spiro atoms. The second kappa shape index (κ2) is 10.8. The second-order valence-electron chi connectivity index (χ2n) is 9.13. The van der Waals surface area contributed by atoms with Crippen molar-refractivity contribution in [2.45, 2.75) is 39.7 Å². The summed E-state index contributed by atoms with van der Waals surface area (Å²) in [4.78, 5) is 25.8.